The summed E-state index contributed by atoms with van der Waals surface area (Å²) in [5.74, 6) is -0.278. The SMILES string of the molecule is CCC(O)(Cn1c2c(c3cc(C)ccc31)CN(C)CC2)c1ccc(F)cc1. The van der Waals surface area contributed by atoms with Gasteiger partial charge in [0.2, 0.25) is 0 Å². The van der Waals surface area contributed by atoms with Crippen LogP contribution < -0.4 is 0 Å². The summed E-state index contributed by atoms with van der Waals surface area (Å²) in [6.07, 6.45) is 1.54. The monoisotopic (exact) mass is 366 g/mol. The molecule has 1 unspecified atom stereocenters. The maximum absolute atomic E-state index is 13.4. The Kier molecular flexibility index (Phi) is 4.57. The Morgan fingerprint density at radius 3 is 2.59 bits per heavy atom. The summed E-state index contributed by atoms with van der Waals surface area (Å²) >= 11 is 0. The van der Waals surface area contributed by atoms with Gasteiger partial charge >= 0.3 is 0 Å². The van der Waals surface area contributed by atoms with Gasteiger partial charge in [-0.25, -0.2) is 4.39 Å². The van der Waals surface area contributed by atoms with E-state index in [2.05, 4.69) is 41.6 Å². The first-order chi connectivity index (χ1) is 12.9. The molecule has 0 fully saturated rings. The summed E-state index contributed by atoms with van der Waals surface area (Å²) in [6.45, 7) is 6.54. The van der Waals surface area contributed by atoms with Crippen LogP contribution in [0.15, 0.2) is 42.5 Å². The minimum atomic E-state index is -1.03. The molecule has 0 radical (unpaired) electrons. The number of benzene rings is 2. The second-order valence-corrected chi connectivity index (χ2v) is 7.91. The number of hydrogen-bond donors (Lipinski definition) is 1. The van der Waals surface area contributed by atoms with Gasteiger partial charge in [0.25, 0.3) is 0 Å². The molecule has 0 bridgehead atoms. The molecule has 0 spiro atoms. The fourth-order valence-corrected chi connectivity index (χ4v) is 4.31. The second kappa shape index (κ2) is 6.77. The van der Waals surface area contributed by atoms with Crippen LogP contribution in [0.2, 0.25) is 0 Å². The van der Waals surface area contributed by atoms with Crippen molar-refractivity contribution in [2.24, 2.45) is 0 Å². The van der Waals surface area contributed by atoms with Crippen molar-refractivity contribution in [2.45, 2.75) is 45.4 Å². The average molecular weight is 366 g/mol. The largest absolute Gasteiger partial charge is 0.383 e. The van der Waals surface area contributed by atoms with Crippen molar-refractivity contribution in [1.82, 2.24) is 9.47 Å². The lowest BCUT2D eigenvalue weighted by atomic mass is 9.90. The second-order valence-electron chi connectivity index (χ2n) is 7.91. The molecule has 4 heteroatoms. The van der Waals surface area contributed by atoms with Crippen molar-refractivity contribution < 1.29 is 9.50 Å². The maximum Gasteiger partial charge on any atom is 0.123 e. The Bertz CT molecular complexity index is 976. The number of halogens is 1. The van der Waals surface area contributed by atoms with Crippen molar-refractivity contribution in [3.05, 3.63) is 70.7 Å². The third-order valence-corrected chi connectivity index (χ3v) is 5.99. The number of fused-ring (bicyclic) bond motifs is 3. The lowest BCUT2D eigenvalue weighted by molar-refractivity contribution is 0.0146. The highest BCUT2D eigenvalue weighted by molar-refractivity contribution is 5.86. The average Bonchev–Trinajstić information content (AvgIpc) is 2.94. The molecule has 1 aliphatic heterocycles. The van der Waals surface area contributed by atoms with Crippen molar-refractivity contribution in [1.29, 1.82) is 0 Å². The van der Waals surface area contributed by atoms with E-state index in [1.807, 2.05) is 6.92 Å². The van der Waals surface area contributed by atoms with Crippen LogP contribution in [0.25, 0.3) is 10.9 Å². The molecule has 1 aromatic heterocycles. The Morgan fingerprint density at radius 1 is 1.15 bits per heavy atom. The topological polar surface area (TPSA) is 28.4 Å². The number of aromatic nitrogens is 1. The molecule has 0 saturated carbocycles. The maximum atomic E-state index is 13.4. The molecule has 0 saturated heterocycles. The van der Waals surface area contributed by atoms with Crippen LogP contribution in [0, 0.1) is 12.7 Å². The number of aryl methyl sites for hydroxylation is 1. The normalized spacial score (nSPS) is 17.1. The molecule has 2 heterocycles. The van der Waals surface area contributed by atoms with E-state index in [1.165, 1.54) is 39.9 Å². The van der Waals surface area contributed by atoms with Crippen molar-refractivity contribution >= 4 is 10.9 Å². The van der Waals surface area contributed by atoms with Gasteiger partial charge in [0.15, 0.2) is 0 Å². The summed E-state index contributed by atoms with van der Waals surface area (Å²) in [7, 11) is 2.16. The molecule has 1 N–H and O–H groups in total. The first-order valence-corrected chi connectivity index (χ1v) is 9.69. The number of aliphatic hydroxyl groups is 1. The van der Waals surface area contributed by atoms with Crippen LogP contribution in [0.1, 0.15) is 35.7 Å². The van der Waals surface area contributed by atoms with Gasteiger partial charge in [-0.3, -0.25) is 0 Å². The molecule has 0 aliphatic carbocycles. The highest BCUT2D eigenvalue weighted by Crippen LogP contribution is 2.35. The third kappa shape index (κ3) is 3.17. The van der Waals surface area contributed by atoms with Crippen LogP contribution >= 0.6 is 0 Å². The van der Waals surface area contributed by atoms with Gasteiger partial charge < -0.3 is 14.6 Å². The van der Waals surface area contributed by atoms with Gasteiger partial charge in [-0.2, -0.15) is 0 Å². The quantitative estimate of drug-likeness (QED) is 0.742. The van der Waals surface area contributed by atoms with E-state index in [0.29, 0.717) is 13.0 Å². The standard InChI is InChI=1S/C23H27FN2O/c1-4-23(27,17-6-8-18(24)9-7-17)15-26-21-10-5-16(2)13-19(21)20-14-25(3)12-11-22(20)26/h5-10,13,27H,4,11-12,14-15H2,1-3H3. The van der Waals surface area contributed by atoms with Crippen LogP contribution in [-0.2, 0) is 25.1 Å². The predicted octanol–water partition coefficient (Wildman–Crippen LogP) is 4.37. The number of hydrogen-bond acceptors (Lipinski definition) is 2. The van der Waals surface area contributed by atoms with Gasteiger partial charge in [-0.1, -0.05) is 30.7 Å². The molecular formula is C23H27FN2O. The van der Waals surface area contributed by atoms with Crippen molar-refractivity contribution in [2.75, 3.05) is 13.6 Å². The van der Waals surface area contributed by atoms with E-state index in [1.54, 1.807) is 12.1 Å². The Morgan fingerprint density at radius 2 is 1.89 bits per heavy atom. The molecule has 2 aromatic carbocycles. The molecule has 1 aliphatic rings. The minimum Gasteiger partial charge on any atom is -0.383 e. The molecule has 1 atom stereocenters. The van der Waals surface area contributed by atoms with Gasteiger partial charge in [-0.15, -0.1) is 0 Å². The van der Waals surface area contributed by atoms with E-state index in [-0.39, 0.29) is 5.82 Å². The lowest BCUT2D eigenvalue weighted by Crippen LogP contribution is -2.33. The fourth-order valence-electron chi connectivity index (χ4n) is 4.31. The van der Waals surface area contributed by atoms with Crippen LogP contribution in [0.4, 0.5) is 4.39 Å². The van der Waals surface area contributed by atoms with E-state index < -0.39 is 5.60 Å². The van der Waals surface area contributed by atoms with Gasteiger partial charge in [0, 0.05) is 36.1 Å². The van der Waals surface area contributed by atoms with Gasteiger partial charge in [0.1, 0.15) is 11.4 Å². The smallest absolute Gasteiger partial charge is 0.123 e. The first kappa shape index (κ1) is 18.2. The Labute approximate surface area is 160 Å². The van der Waals surface area contributed by atoms with E-state index in [4.69, 9.17) is 0 Å². The number of rotatable bonds is 4. The van der Waals surface area contributed by atoms with Crippen molar-refractivity contribution in [3.8, 4) is 0 Å². The van der Waals surface area contributed by atoms with Crippen LogP contribution in [-0.4, -0.2) is 28.2 Å². The van der Waals surface area contributed by atoms with Gasteiger partial charge in [-0.05, 0) is 55.8 Å². The molecular weight excluding hydrogens is 339 g/mol. The zero-order valence-electron chi connectivity index (χ0n) is 16.3. The summed E-state index contributed by atoms with van der Waals surface area (Å²) < 4.78 is 15.7. The Hall–Kier alpha value is -2.17. The molecule has 4 rings (SSSR count). The highest BCUT2D eigenvalue weighted by Gasteiger charge is 2.31. The van der Waals surface area contributed by atoms with E-state index in [9.17, 15) is 9.50 Å². The molecule has 3 nitrogen and oxygen atoms in total. The van der Waals surface area contributed by atoms with Crippen LogP contribution in [0.3, 0.4) is 0 Å². The minimum absolute atomic E-state index is 0.278. The van der Waals surface area contributed by atoms with E-state index in [0.717, 1.165) is 25.1 Å². The summed E-state index contributed by atoms with van der Waals surface area (Å²) in [6, 6.07) is 12.8. The summed E-state index contributed by atoms with van der Waals surface area (Å²) in [5, 5.41) is 12.8. The summed E-state index contributed by atoms with van der Waals surface area (Å²) in [5.41, 5.74) is 4.86. The third-order valence-electron chi connectivity index (χ3n) is 5.99. The zero-order valence-corrected chi connectivity index (χ0v) is 16.3. The summed E-state index contributed by atoms with van der Waals surface area (Å²) in [4.78, 5) is 2.35. The molecule has 3 aromatic rings. The lowest BCUT2D eigenvalue weighted by Gasteiger charge is -2.31. The molecule has 27 heavy (non-hydrogen) atoms. The first-order valence-electron chi connectivity index (χ1n) is 9.69. The van der Waals surface area contributed by atoms with Crippen molar-refractivity contribution in [3.63, 3.8) is 0 Å². The highest BCUT2D eigenvalue weighted by atomic mass is 19.1. The Balaban J connectivity index is 1.84. The van der Waals surface area contributed by atoms with Gasteiger partial charge in [0.05, 0.1) is 6.54 Å². The van der Waals surface area contributed by atoms with Crippen LogP contribution in [0.5, 0.6) is 0 Å². The number of likely N-dealkylation sites (N-methyl/N-ethyl adjacent to an activating group) is 1. The fraction of sp³-hybridized carbons (Fsp3) is 0.391. The zero-order chi connectivity index (χ0) is 19.2. The molecule has 142 valence electrons. The number of nitrogens with zero attached hydrogens (tertiary/aromatic N) is 2. The van der Waals surface area contributed by atoms with E-state index >= 15 is 0 Å². The predicted molar refractivity (Wildman–Crippen MR) is 107 cm³/mol. The molecule has 0 amide bonds.